The smallest absolute Gasteiger partial charge is 0.399 e. The van der Waals surface area contributed by atoms with Crippen molar-refractivity contribution in [2.24, 2.45) is 0 Å². The van der Waals surface area contributed by atoms with Gasteiger partial charge >= 0.3 is 19.3 Å². The van der Waals surface area contributed by atoms with Crippen molar-refractivity contribution in [2.45, 2.75) is 19.3 Å². The predicted octanol–water partition coefficient (Wildman–Crippen LogP) is 6.46. The summed E-state index contributed by atoms with van der Waals surface area (Å²) in [6.45, 7) is 0.509. The molecule has 198 valence electrons. The Bertz CT molecular complexity index is 1530. The third-order valence-corrected chi connectivity index (χ3v) is 7.76. The molecule has 0 aliphatic carbocycles. The topological polar surface area (TPSA) is 88.8 Å². The zero-order chi connectivity index (χ0) is 27.3. The van der Waals surface area contributed by atoms with E-state index >= 15 is 0 Å². The highest BCUT2D eigenvalue weighted by molar-refractivity contribution is 9.10. The van der Waals surface area contributed by atoms with Crippen LogP contribution < -0.4 is 5.69 Å². The van der Waals surface area contributed by atoms with E-state index in [0.717, 1.165) is 5.56 Å². The standard InChI is InChI=1S/C26H22BrF2N2O6P/c1-35-25(32)21-11-9-20(10-12-21)24-16-30(14-18-5-3-2-4-6-18)26(33)31(24)15-19-7-8-22(23(27)13-19)17-38(34,36-28)37-29/h2-13,16H,14-15,17H2,1H3. The van der Waals surface area contributed by atoms with E-state index in [1.54, 1.807) is 51.7 Å². The Morgan fingerprint density at radius 2 is 1.63 bits per heavy atom. The van der Waals surface area contributed by atoms with E-state index < -0.39 is 19.7 Å². The normalized spacial score (nSPS) is 11.5. The second-order valence-electron chi connectivity index (χ2n) is 8.40. The Labute approximate surface area is 224 Å². The van der Waals surface area contributed by atoms with E-state index in [-0.39, 0.29) is 12.2 Å². The fourth-order valence-electron chi connectivity index (χ4n) is 3.97. The van der Waals surface area contributed by atoms with Gasteiger partial charge in [-0.05, 0) is 49.5 Å². The molecule has 0 unspecified atom stereocenters. The maximum atomic E-state index is 13.5. The first-order valence-electron chi connectivity index (χ1n) is 11.3. The molecule has 4 rings (SSSR count). The van der Waals surface area contributed by atoms with E-state index in [1.165, 1.54) is 13.2 Å². The van der Waals surface area contributed by atoms with Crippen molar-refractivity contribution >= 4 is 29.5 Å². The lowest BCUT2D eigenvalue weighted by Crippen LogP contribution is -2.25. The number of hydrogen-bond donors (Lipinski definition) is 0. The van der Waals surface area contributed by atoms with Crippen LogP contribution in [-0.4, -0.2) is 22.2 Å². The average Bonchev–Trinajstić information content (AvgIpc) is 3.24. The number of methoxy groups -OCH3 is 1. The van der Waals surface area contributed by atoms with Crippen molar-refractivity contribution < 1.29 is 32.6 Å². The van der Waals surface area contributed by atoms with Crippen molar-refractivity contribution in [3.8, 4) is 11.3 Å². The Balaban J connectivity index is 1.71. The summed E-state index contributed by atoms with van der Waals surface area (Å²) in [5.41, 5.74) is 3.36. The highest BCUT2D eigenvalue weighted by atomic mass is 79.9. The third-order valence-electron chi connectivity index (χ3n) is 5.88. The van der Waals surface area contributed by atoms with Crippen LogP contribution in [0.1, 0.15) is 27.0 Å². The van der Waals surface area contributed by atoms with Gasteiger partial charge in [0.25, 0.3) is 0 Å². The number of esters is 1. The molecule has 12 heteroatoms. The van der Waals surface area contributed by atoms with Gasteiger partial charge in [0.05, 0.1) is 37.6 Å². The molecule has 3 aromatic carbocycles. The van der Waals surface area contributed by atoms with Crippen LogP contribution in [-0.2, 0) is 38.0 Å². The molecule has 0 bridgehead atoms. The SMILES string of the molecule is COC(=O)c1ccc(-c2cn(Cc3ccccc3)c(=O)n2Cc2ccc(CP(=O)(OF)OF)c(Br)c2)cc1. The number of benzene rings is 3. The molecular formula is C26H22BrF2N2O6P. The molecule has 1 heterocycles. The van der Waals surface area contributed by atoms with Crippen LogP contribution >= 0.6 is 23.5 Å². The summed E-state index contributed by atoms with van der Waals surface area (Å²) in [7, 11) is -3.27. The molecule has 38 heavy (non-hydrogen) atoms. The van der Waals surface area contributed by atoms with E-state index in [9.17, 15) is 23.2 Å². The number of rotatable bonds is 10. The quantitative estimate of drug-likeness (QED) is 0.152. The summed E-state index contributed by atoms with van der Waals surface area (Å²) in [6, 6.07) is 21.0. The third kappa shape index (κ3) is 6.19. The highest BCUT2D eigenvalue weighted by Gasteiger charge is 2.29. The van der Waals surface area contributed by atoms with E-state index in [1.807, 2.05) is 30.3 Å². The van der Waals surface area contributed by atoms with Crippen LogP contribution in [0.3, 0.4) is 0 Å². The van der Waals surface area contributed by atoms with Gasteiger partial charge in [-0.1, -0.05) is 70.5 Å². The largest absolute Gasteiger partial charge is 0.465 e. The lowest BCUT2D eigenvalue weighted by atomic mass is 10.1. The number of nitrogens with zero attached hydrogens (tertiary/aromatic N) is 2. The van der Waals surface area contributed by atoms with Gasteiger partial charge in [0.1, 0.15) is 0 Å². The average molecular weight is 607 g/mol. The first-order chi connectivity index (χ1) is 18.3. The minimum atomic E-state index is -4.57. The van der Waals surface area contributed by atoms with E-state index in [4.69, 9.17) is 4.74 Å². The van der Waals surface area contributed by atoms with Crippen molar-refractivity contribution in [1.82, 2.24) is 9.13 Å². The molecule has 0 spiro atoms. The molecule has 0 fully saturated rings. The number of ether oxygens (including phenoxy) is 1. The number of carbonyl (C=O) groups is 1. The maximum Gasteiger partial charge on any atom is 0.399 e. The predicted molar refractivity (Wildman–Crippen MR) is 140 cm³/mol. The van der Waals surface area contributed by atoms with Gasteiger partial charge < -0.3 is 4.74 Å². The van der Waals surface area contributed by atoms with Gasteiger partial charge in [-0.2, -0.15) is 0 Å². The van der Waals surface area contributed by atoms with Crippen molar-refractivity contribution in [1.29, 1.82) is 0 Å². The number of imidazole rings is 1. The second-order valence-corrected chi connectivity index (χ2v) is 11.1. The Morgan fingerprint density at radius 3 is 2.24 bits per heavy atom. The van der Waals surface area contributed by atoms with Crippen LogP contribution in [0.2, 0.25) is 0 Å². The summed E-state index contributed by atoms with van der Waals surface area (Å²) in [5.74, 6) is -0.471. The molecular weight excluding hydrogens is 585 g/mol. The molecule has 0 aliphatic rings. The molecule has 1 aromatic heterocycles. The van der Waals surface area contributed by atoms with Crippen LogP contribution in [0, 0.1) is 0 Å². The Hall–Kier alpha value is -3.37. The summed E-state index contributed by atoms with van der Waals surface area (Å²) in [4.78, 5) is 25.4. The summed E-state index contributed by atoms with van der Waals surface area (Å²) < 4.78 is 51.6. The number of halogens is 3. The number of aromatic nitrogens is 2. The van der Waals surface area contributed by atoms with E-state index in [2.05, 4.69) is 25.4 Å². The van der Waals surface area contributed by atoms with Gasteiger partial charge in [-0.3, -0.25) is 13.7 Å². The Kier molecular flexibility index (Phi) is 8.73. The molecule has 0 amide bonds. The summed E-state index contributed by atoms with van der Waals surface area (Å²) in [6.07, 6.45) is 1.12. The van der Waals surface area contributed by atoms with Crippen LogP contribution in [0.25, 0.3) is 11.3 Å². The monoisotopic (exact) mass is 606 g/mol. The molecule has 0 N–H and O–H groups in total. The minimum Gasteiger partial charge on any atom is -0.465 e. The first-order valence-corrected chi connectivity index (χ1v) is 13.8. The zero-order valence-electron chi connectivity index (χ0n) is 20.1. The van der Waals surface area contributed by atoms with Gasteiger partial charge in [0.15, 0.2) is 0 Å². The second kappa shape index (κ2) is 12.0. The Morgan fingerprint density at radius 1 is 0.947 bits per heavy atom. The first kappa shape index (κ1) is 27.7. The molecule has 0 saturated carbocycles. The zero-order valence-corrected chi connectivity index (χ0v) is 22.5. The number of carbonyl (C=O) groups excluding carboxylic acids is 1. The molecule has 0 radical (unpaired) electrons. The van der Waals surface area contributed by atoms with Gasteiger partial charge in [0, 0.05) is 10.7 Å². The molecule has 4 aromatic rings. The molecule has 0 aliphatic heterocycles. The molecule has 8 nitrogen and oxygen atoms in total. The molecule has 0 atom stereocenters. The maximum absolute atomic E-state index is 13.5. The van der Waals surface area contributed by atoms with Crippen LogP contribution in [0.15, 0.2) is 88.3 Å². The van der Waals surface area contributed by atoms with Crippen LogP contribution in [0.5, 0.6) is 0 Å². The lowest BCUT2D eigenvalue weighted by Gasteiger charge is -2.12. The van der Waals surface area contributed by atoms with Crippen molar-refractivity contribution in [3.05, 3.63) is 116 Å². The van der Waals surface area contributed by atoms with Gasteiger partial charge in [-0.15, -0.1) is 9.46 Å². The number of hydrogen-bond acceptors (Lipinski definition) is 6. The fourth-order valence-corrected chi connectivity index (χ4v) is 5.57. The minimum absolute atomic E-state index is 0.157. The van der Waals surface area contributed by atoms with E-state index in [0.29, 0.717) is 39.0 Å². The van der Waals surface area contributed by atoms with Gasteiger partial charge in [-0.25, -0.2) is 9.59 Å². The fraction of sp³-hybridized carbons (Fsp3) is 0.154. The summed E-state index contributed by atoms with van der Waals surface area (Å²) in [5, 5.41) is 0. The van der Waals surface area contributed by atoms with Crippen molar-refractivity contribution in [2.75, 3.05) is 7.11 Å². The molecule has 0 saturated heterocycles. The van der Waals surface area contributed by atoms with Gasteiger partial charge in [0.2, 0.25) is 0 Å². The summed E-state index contributed by atoms with van der Waals surface area (Å²) >= 11 is 3.32. The highest BCUT2D eigenvalue weighted by Crippen LogP contribution is 2.53. The lowest BCUT2D eigenvalue weighted by molar-refractivity contribution is -0.0881. The van der Waals surface area contributed by atoms with Crippen molar-refractivity contribution in [3.63, 3.8) is 0 Å². The van der Waals surface area contributed by atoms with Crippen LogP contribution in [0.4, 0.5) is 9.05 Å².